The Balaban J connectivity index is 1.60. The van der Waals surface area contributed by atoms with E-state index in [9.17, 15) is 8.42 Å². The van der Waals surface area contributed by atoms with Gasteiger partial charge in [-0.2, -0.15) is 0 Å². The van der Waals surface area contributed by atoms with Gasteiger partial charge in [0.25, 0.3) is 0 Å². The van der Waals surface area contributed by atoms with Gasteiger partial charge < -0.3 is 14.2 Å². The first-order chi connectivity index (χ1) is 12.5. The van der Waals surface area contributed by atoms with Gasteiger partial charge in [0.05, 0.1) is 14.2 Å². The van der Waals surface area contributed by atoms with E-state index in [4.69, 9.17) is 14.2 Å². The lowest BCUT2D eigenvalue weighted by Gasteiger charge is -2.13. The molecule has 26 heavy (non-hydrogen) atoms. The summed E-state index contributed by atoms with van der Waals surface area (Å²) in [7, 11) is -0.824. The Morgan fingerprint density at radius 1 is 0.962 bits per heavy atom. The maximum absolute atomic E-state index is 12.5. The molecule has 1 aliphatic rings. The summed E-state index contributed by atoms with van der Waals surface area (Å²) in [5, 5.41) is 0. The monoisotopic (exact) mass is 377 g/mol. The predicted molar refractivity (Wildman–Crippen MR) is 98.7 cm³/mol. The molecule has 0 saturated carbocycles. The summed E-state index contributed by atoms with van der Waals surface area (Å²) in [5.74, 6) is 1.47. The number of sulfonamides is 1. The van der Waals surface area contributed by atoms with Crippen molar-refractivity contribution in [3.63, 3.8) is 0 Å². The lowest BCUT2D eigenvalue weighted by atomic mass is 10.1. The van der Waals surface area contributed by atoms with Gasteiger partial charge in [-0.1, -0.05) is 6.07 Å². The number of benzene rings is 2. The van der Waals surface area contributed by atoms with E-state index >= 15 is 0 Å². The molecule has 7 heteroatoms. The number of hydrogen-bond donors (Lipinski definition) is 1. The van der Waals surface area contributed by atoms with Gasteiger partial charge in [0.2, 0.25) is 10.0 Å². The van der Waals surface area contributed by atoms with E-state index in [1.807, 2.05) is 12.1 Å². The predicted octanol–water partition coefficient (Wildman–Crippen LogP) is 2.55. The Labute approximate surface area is 154 Å². The van der Waals surface area contributed by atoms with Crippen molar-refractivity contribution >= 4 is 10.0 Å². The molecule has 0 atom stereocenters. The topological polar surface area (TPSA) is 73.9 Å². The number of fused-ring (bicyclic) bond motifs is 1. The zero-order valence-corrected chi connectivity index (χ0v) is 15.8. The molecule has 1 N–H and O–H groups in total. The Hall–Kier alpha value is -2.25. The first-order valence-electron chi connectivity index (χ1n) is 8.50. The SMILES string of the molecule is COc1ccc(OC)c(S(=O)(=O)NCCOc2ccc3c(c2)CCC3)c1. The van der Waals surface area contributed by atoms with Crippen molar-refractivity contribution < 1.29 is 22.6 Å². The molecule has 0 heterocycles. The molecule has 2 aromatic carbocycles. The van der Waals surface area contributed by atoms with E-state index in [2.05, 4.69) is 10.8 Å². The van der Waals surface area contributed by atoms with Crippen molar-refractivity contribution in [2.45, 2.75) is 24.2 Å². The summed E-state index contributed by atoms with van der Waals surface area (Å²) in [4.78, 5) is 0.0388. The molecule has 0 radical (unpaired) electrons. The normalized spacial score (nSPS) is 13.3. The van der Waals surface area contributed by atoms with Gasteiger partial charge in [0.15, 0.2) is 0 Å². The van der Waals surface area contributed by atoms with Crippen molar-refractivity contribution in [3.8, 4) is 17.2 Å². The molecular formula is C19H23NO5S. The summed E-state index contributed by atoms with van der Waals surface area (Å²) in [6, 6.07) is 10.7. The molecule has 6 nitrogen and oxygen atoms in total. The zero-order valence-electron chi connectivity index (χ0n) is 14.9. The van der Waals surface area contributed by atoms with Crippen LogP contribution in [-0.4, -0.2) is 35.8 Å². The standard InChI is InChI=1S/C19H23NO5S/c1-23-16-8-9-18(24-2)19(13-16)26(21,22)20-10-11-25-17-7-6-14-4-3-5-15(14)12-17/h6-9,12-13,20H,3-5,10-11H2,1-2H3. The minimum absolute atomic E-state index is 0.0388. The summed E-state index contributed by atoms with van der Waals surface area (Å²) in [5.41, 5.74) is 2.70. The molecule has 140 valence electrons. The highest BCUT2D eigenvalue weighted by atomic mass is 32.2. The van der Waals surface area contributed by atoms with E-state index < -0.39 is 10.0 Å². The summed E-state index contributed by atoms with van der Waals surface area (Å²) >= 11 is 0. The Morgan fingerprint density at radius 3 is 2.50 bits per heavy atom. The Bertz CT molecular complexity index is 879. The molecule has 0 aliphatic heterocycles. The van der Waals surface area contributed by atoms with E-state index in [1.165, 1.54) is 37.8 Å². The van der Waals surface area contributed by atoms with Gasteiger partial charge in [0.1, 0.15) is 28.8 Å². The first-order valence-corrected chi connectivity index (χ1v) is 9.98. The van der Waals surface area contributed by atoms with Crippen LogP contribution in [0.3, 0.4) is 0 Å². The molecule has 0 saturated heterocycles. The smallest absolute Gasteiger partial charge is 0.244 e. The summed E-state index contributed by atoms with van der Waals surface area (Å²) in [6.07, 6.45) is 3.38. The number of methoxy groups -OCH3 is 2. The van der Waals surface area contributed by atoms with Crippen molar-refractivity contribution in [3.05, 3.63) is 47.5 Å². The van der Waals surface area contributed by atoms with E-state index in [0.717, 1.165) is 18.6 Å². The zero-order chi connectivity index (χ0) is 18.6. The van der Waals surface area contributed by atoms with Crippen molar-refractivity contribution in [1.29, 1.82) is 0 Å². The second-order valence-electron chi connectivity index (χ2n) is 6.05. The number of aryl methyl sites for hydroxylation is 2. The van der Waals surface area contributed by atoms with Crippen LogP contribution in [0.15, 0.2) is 41.3 Å². The maximum atomic E-state index is 12.5. The quantitative estimate of drug-likeness (QED) is 0.716. The molecule has 0 aromatic heterocycles. The van der Waals surface area contributed by atoms with Gasteiger partial charge in [-0.25, -0.2) is 13.1 Å². The molecule has 0 bridgehead atoms. The van der Waals surface area contributed by atoms with E-state index in [0.29, 0.717) is 5.75 Å². The fourth-order valence-electron chi connectivity index (χ4n) is 3.05. The lowest BCUT2D eigenvalue weighted by molar-refractivity contribution is 0.322. The van der Waals surface area contributed by atoms with Crippen LogP contribution in [0.4, 0.5) is 0 Å². The second kappa shape index (κ2) is 7.97. The van der Waals surface area contributed by atoms with Gasteiger partial charge >= 0.3 is 0 Å². The maximum Gasteiger partial charge on any atom is 0.244 e. The summed E-state index contributed by atoms with van der Waals surface area (Å²) in [6.45, 7) is 0.393. The van der Waals surface area contributed by atoms with Crippen LogP contribution in [0.25, 0.3) is 0 Å². The summed E-state index contributed by atoms with van der Waals surface area (Å²) < 4.78 is 43.5. The molecular weight excluding hydrogens is 354 g/mol. The van der Waals surface area contributed by atoms with Gasteiger partial charge in [-0.3, -0.25) is 0 Å². The van der Waals surface area contributed by atoms with Crippen molar-refractivity contribution in [1.82, 2.24) is 4.72 Å². The molecule has 0 spiro atoms. The number of rotatable bonds is 8. The van der Waals surface area contributed by atoms with Crippen LogP contribution in [0.2, 0.25) is 0 Å². The Kier molecular flexibility index (Phi) is 5.68. The van der Waals surface area contributed by atoms with Crippen molar-refractivity contribution in [2.75, 3.05) is 27.4 Å². The molecule has 0 fully saturated rings. The highest BCUT2D eigenvalue weighted by Crippen LogP contribution is 2.28. The first kappa shape index (κ1) is 18.5. The van der Waals surface area contributed by atoms with E-state index in [1.54, 1.807) is 12.1 Å². The van der Waals surface area contributed by atoms with Crippen LogP contribution in [0.1, 0.15) is 17.5 Å². The minimum atomic E-state index is -3.73. The average molecular weight is 377 g/mol. The van der Waals surface area contributed by atoms with Crippen LogP contribution >= 0.6 is 0 Å². The van der Waals surface area contributed by atoms with Crippen LogP contribution in [0, 0.1) is 0 Å². The molecule has 0 amide bonds. The van der Waals surface area contributed by atoms with Gasteiger partial charge in [-0.15, -0.1) is 0 Å². The van der Waals surface area contributed by atoms with Crippen LogP contribution in [-0.2, 0) is 22.9 Å². The average Bonchev–Trinajstić information content (AvgIpc) is 3.12. The largest absolute Gasteiger partial charge is 0.497 e. The van der Waals surface area contributed by atoms with Gasteiger partial charge in [0, 0.05) is 12.6 Å². The Morgan fingerprint density at radius 2 is 1.73 bits per heavy atom. The minimum Gasteiger partial charge on any atom is -0.497 e. The molecule has 1 aliphatic carbocycles. The number of nitrogens with one attached hydrogen (secondary N) is 1. The van der Waals surface area contributed by atoms with Crippen LogP contribution in [0.5, 0.6) is 17.2 Å². The van der Waals surface area contributed by atoms with Crippen molar-refractivity contribution in [2.24, 2.45) is 0 Å². The fraction of sp³-hybridized carbons (Fsp3) is 0.368. The lowest BCUT2D eigenvalue weighted by Crippen LogP contribution is -2.28. The third-order valence-electron chi connectivity index (χ3n) is 4.39. The highest BCUT2D eigenvalue weighted by Gasteiger charge is 2.20. The third kappa shape index (κ3) is 4.11. The van der Waals surface area contributed by atoms with E-state index in [-0.39, 0.29) is 23.8 Å². The third-order valence-corrected chi connectivity index (χ3v) is 5.88. The molecule has 0 unspecified atom stereocenters. The second-order valence-corrected chi connectivity index (χ2v) is 7.78. The highest BCUT2D eigenvalue weighted by molar-refractivity contribution is 7.89. The molecule has 2 aromatic rings. The fourth-order valence-corrected chi connectivity index (χ4v) is 4.25. The van der Waals surface area contributed by atoms with Crippen LogP contribution < -0.4 is 18.9 Å². The molecule has 3 rings (SSSR count). The number of ether oxygens (including phenoxy) is 3. The van der Waals surface area contributed by atoms with Gasteiger partial charge in [-0.05, 0) is 54.7 Å². The number of hydrogen-bond acceptors (Lipinski definition) is 5.